The van der Waals surface area contributed by atoms with Gasteiger partial charge in [-0.15, -0.1) is 0 Å². The van der Waals surface area contributed by atoms with E-state index in [0.717, 1.165) is 31.6 Å². The third kappa shape index (κ3) is 5.59. The Hall–Kier alpha value is -1.20. The standard InChI is InChI=1S/C16H24N2O2S/c1-21(20)12-14-4-2-6-15(10-14)16(19)18-9-7-13-5-3-8-17-11-13/h2,4,6,10,13,17H,3,5,7-9,11-12H2,1H3,(H,18,19). The maximum Gasteiger partial charge on any atom is 0.251 e. The summed E-state index contributed by atoms with van der Waals surface area (Å²) in [6.07, 6.45) is 5.18. The molecule has 0 saturated carbocycles. The molecule has 1 aromatic carbocycles. The van der Waals surface area contributed by atoms with Crippen LogP contribution in [0, 0.1) is 5.92 Å². The first kappa shape index (κ1) is 16.2. The van der Waals surface area contributed by atoms with Crippen molar-refractivity contribution in [3.8, 4) is 0 Å². The Morgan fingerprint density at radius 1 is 1.48 bits per heavy atom. The van der Waals surface area contributed by atoms with E-state index < -0.39 is 10.8 Å². The number of nitrogens with one attached hydrogen (secondary N) is 2. The first-order chi connectivity index (χ1) is 10.1. The van der Waals surface area contributed by atoms with E-state index in [1.165, 1.54) is 12.8 Å². The Morgan fingerprint density at radius 2 is 2.33 bits per heavy atom. The fraction of sp³-hybridized carbons (Fsp3) is 0.562. The Kier molecular flexibility index (Phi) is 6.39. The fourth-order valence-electron chi connectivity index (χ4n) is 2.70. The first-order valence-corrected chi connectivity index (χ1v) is 9.26. The van der Waals surface area contributed by atoms with Crippen LogP contribution >= 0.6 is 0 Å². The van der Waals surface area contributed by atoms with E-state index in [2.05, 4.69) is 10.6 Å². The highest BCUT2D eigenvalue weighted by Crippen LogP contribution is 2.13. The molecule has 0 aromatic heterocycles. The second-order valence-electron chi connectivity index (χ2n) is 5.67. The number of amides is 1. The van der Waals surface area contributed by atoms with Crippen LogP contribution in [-0.2, 0) is 16.6 Å². The molecule has 0 radical (unpaired) electrons. The molecular weight excluding hydrogens is 284 g/mol. The molecule has 2 rings (SSSR count). The van der Waals surface area contributed by atoms with Gasteiger partial charge in [0, 0.05) is 34.9 Å². The van der Waals surface area contributed by atoms with Crippen LogP contribution in [0.1, 0.15) is 35.2 Å². The van der Waals surface area contributed by atoms with Gasteiger partial charge in [0.25, 0.3) is 5.91 Å². The van der Waals surface area contributed by atoms with Gasteiger partial charge < -0.3 is 10.6 Å². The molecule has 0 bridgehead atoms. The van der Waals surface area contributed by atoms with E-state index in [0.29, 0.717) is 17.2 Å². The van der Waals surface area contributed by atoms with E-state index in [1.54, 1.807) is 12.3 Å². The number of carbonyl (C=O) groups is 1. The van der Waals surface area contributed by atoms with Crippen molar-refractivity contribution >= 4 is 16.7 Å². The number of piperidine rings is 1. The maximum absolute atomic E-state index is 12.1. The van der Waals surface area contributed by atoms with Crippen LogP contribution in [0.5, 0.6) is 0 Å². The van der Waals surface area contributed by atoms with Crippen LogP contribution in [0.4, 0.5) is 0 Å². The highest BCUT2D eigenvalue weighted by Gasteiger charge is 2.13. The van der Waals surface area contributed by atoms with Crippen molar-refractivity contribution in [2.75, 3.05) is 25.9 Å². The molecule has 2 N–H and O–H groups in total. The molecule has 1 aromatic rings. The SMILES string of the molecule is CS(=O)Cc1cccc(C(=O)NCCC2CCCNC2)c1. The molecule has 0 spiro atoms. The summed E-state index contributed by atoms with van der Waals surface area (Å²) < 4.78 is 11.2. The largest absolute Gasteiger partial charge is 0.352 e. The summed E-state index contributed by atoms with van der Waals surface area (Å²) in [5.74, 6) is 1.13. The van der Waals surface area contributed by atoms with Crippen LogP contribution < -0.4 is 10.6 Å². The van der Waals surface area contributed by atoms with Gasteiger partial charge in [-0.3, -0.25) is 9.00 Å². The van der Waals surface area contributed by atoms with Crippen molar-refractivity contribution in [3.05, 3.63) is 35.4 Å². The lowest BCUT2D eigenvalue weighted by Gasteiger charge is -2.22. The number of benzene rings is 1. The molecule has 21 heavy (non-hydrogen) atoms. The van der Waals surface area contributed by atoms with Crippen LogP contribution in [0.15, 0.2) is 24.3 Å². The summed E-state index contributed by atoms with van der Waals surface area (Å²) in [6, 6.07) is 7.40. The molecule has 2 unspecified atom stereocenters. The molecule has 1 aliphatic heterocycles. The highest BCUT2D eigenvalue weighted by molar-refractivity contribution is 7.83. The van der Waals surface area contributed by atoms with E-state index >= 15 is 0 Å². The molecule has 116 valence electrons. The Morgan fingerprint density at radius 3 is 3.05 bits per heavy atom. The van der Waals surface area contributed by atoms with Gasteiger partial charge in [-0.2, -0.15) is 0 Å². The Bertz CT molecular complexity index is 499. The topological polar surface area (TPSA) is 58.2 Å². The van der Waals surface area contributed by atoms with Gasteiger partial charge in [-0.05, 0) is 56.0 Å². The summed E-state index contributed by atoms with van der Waals surface area (Å²) in [7, 11) is -0.885. The summed E-state index contributed by atoms with van der Waals surface area (Å²) in [4.78, 5) is 12.1. The van der Waals surface area contributed by atoms with Crippen molar-refractivity contribution in [1.82, 2.24) is 10.6 Å². The van der Waals surface area contributed by atoms with Crippen molar-refractivity contribution < 1.29 is 9.00 Å². The molecule has 1 aliphatic rings. The Labute approximate surface area is 129 Å². The average molecular weight is 308 g/mol. The second-order valence-corrected chi connectivity index (χ2v) is 7.11. The zero-order valence-electron chi connectivity index (χ0n) is 12.6. The number of rotatable bonds is 6. The number of hydrogen-bond donors (Lipinski definition) is 2. The normalized spacial score (nSPS) is 20.0. The molecule has 4 nitrogen and oxygen atoms in total. The van der Waals surface area contributed by atoms with Gasteiger partial charge >= 0.3 is 0 Å². The summed E-state index contributed by atoms with van der Waals surface area (Å²) in [6.45, 7) is 2.90. The molecule has 1 fully saturated rings. The maximum atomic E-state index is 12.1. The van der Waals surface area contributed by atoms with Crippen LogP contribution in [-0.4, -0.2) is 36.0 Å². The summed E-state index contributed by atoms with van der Waals surface area (Å²) >= 11 is 0. The lowest BCUT2D eigenvalue weighted by Crippen LogP contribution is -2.33. The van der Waals surface area contributed by atoms with E-state index in [-0.39, 0.29) is 5.91 Å². The predicted molar refractivity (Wildman–Crippen MR) is 86.8 cm³/mol. The monoisotopic (exact) mass is 308 g/mol. The molecule has 1 amide bonds. The van der Waals surface area contributed by atoms with Crippen molar-refractivity contribution in [3.63, 3.8) is 0 Å². The second kappa shape index (κ2) is 8.29. The van der Waals surface area contributed by atoms with Crippen LogP contribution in [0.25, 0.3) is 0 Å². The van der Waals surface area contributed by atoms with Gasteiger partial charge in [-0.1, -0.05) is 12.1 Å². The lowest BCUT2D eigenvalue weighted by molar-refractivity contribution is 0.0950. The van der Waals surface area contributed by atoms with Gasteiger partial charge in [0.2, 0.25) is 0 Å². The van der Waals surface area contributed by atoms with Crippen molar-refractivity contribution in [2.45, 2.75) is 25.0 Å². The van der Waals surface area contributed by atoms with Crippen molar-refractivity contribution in [2.24, 2.45) is 5.92 Å². The zero-order chi connectivity index (χ0) is 15.1. The number of carbonyl (C=O) groups excluding carboxylic acids is 1. The van der Waals surface area contributed by atoms with Gasteiger partial charge in [0.15, 0.2) is 0 Å². The van der Waals surface area contributed by atoms with Crippen LogP contribution in [0.3, 0.4) is 0 Å². The first-order valence-electron chi connectivity index (χ1n) is 7.53. The molecule has 5 heteroatoms. The van der Waals surface area contributed by atoms with E-state index in [4.69, 9.17) is 0 Å². The van der Waals surface area contributed by atoms with Gasteiger partial charge in [-0.25, -0.2) is 0 Å². The summed E-state index contributed by atoms with van der Waals surface area (Å²) in [5.41, 5.74) is 1.60. The van der Waals surface area contributed by atoms with E-state index in [1.807, 2.05) is 18.2 Å². The predicted octanol–water partition coefficient (Wildman–Crippen LogP) is 1.68. The lowest BCUT2D eigenvalue weighted by atomic mass is 9.96. The molecule has 0 aliphatic carbocycles. The minimum Gasteiger partial charge on any atom is -0.352 e. The molecule has 2 atom stereocenters. The Balaban J connectivity index is 1.80. The quantitative estimate of drug-likeness (QED) is 0.841. The van der Waals surface area contributed by atoms with E-state index in [9.17, 15) is 9.00 Å². The third-order valence-corrected chi connectivity index (χ3v) is 4.54. The van der Waals surface area contributed by atoms with Crippen molar-refractivity contribution in [1.29, 1.82) is 0 Å². The highest BCUT2D eigenvalue weighted by atomic mass is 32.2. The smallest absolute Gasteiger partial charge is 0.251 e. The minimum atomic E-state index is -0.885. The zero-order valence-corrected chi connectivity index (χ0v) is 13.4. The van der Waals surface area contributed by atoms with Gasteiger partial charge in [0.05, 0.1) is 0 Å². The minimum absolute atomic E-state index is 0.0393. The van der Waals surface area contributed by atoms with Crippen LogP contribution in [0.2, 0.25) is 0 Å². The fourth-order valence-corrected chi connectivity index (χ4v) is 3.35. The number of hydrogen-bond acceptors (Lipinski definition) is 3. The molecule has 1 saturated heterocycles. The molecular formula is C16H24N2O2S. The average Bonchev–Trinajstić information content (AvgIpc) is 2.48. The molecule has 1 heterocycles. The van der Waals surface area contributed by atoms with Gasteiger partial charge in [0.1, 0.15) is 0 Å². The summed E-state index contributed by atoms with van der Waals surface area (Å²) in [5, 5.41) is 6.37. The third-order valence-electron chi connectivity index (χ3n) is 3.80.